The van der Waals surface area contributed by atoms with Crippen LogP contribution in [-0.4, -0.2) is 36.3 Å². The number of likely N-dealkylation sites (N-methyl/N-ethyl adjacent to an activating group) is 1. The molecule has 0 aliphatic rings. The summed E-state index contributed by atoms with van der Waals surface area (Å²) in [6.07, 6.45) is -0.582. The van der Waals surface area contributed by atoms with Gasteiger partial charge in [-0.1, -0.05) is 24.3 Å². The molecule has 0 fully saturated rings. The van der Waals surface area contributed by atoms with Crippen molar-refractivity contribution in [2.24, 2.45) is 0 Å². The van der Waals surface area contributed by atoms with E-state index in [0.29, 0.717) is 25.3 Å². The Bertz CT molecular complexity index is 533. The lowest BCUT2D eigenvalue weighted by molar-refractivity contribution is 0.0134. The van der Waals surface area contributed by atoms with Crippen molar-refractivity contribution in [3.8, 4) is 0 Å². The van der Waals surface area contributed by atoms with Crippen molar-refractivity contribution in [3.63, 3.8) is 0 Å². The summed E-state index contributed by atoms with van der Waals surface area (Å²) in [4.78, 5) is 3.03. The van der Waals surface area contributed by atoms with Gasteiger partial charge in [0.15, 0.2) is 0 Å². The standard InChI is InChI=1S/C16H20FNO2S/c1-18(9-13-5-2-3-7-16(13)17)10-14(19)11-20-12-15-6-4-8-21-15/h2-8,14,19H,9-12H2,1H3. The molecule has 2 aromatic rings. The lowest BCUT2D eigenvalue weighted by Crippen LogP contribution is -2.32. The van der Waals surface area contributed by atoms with E-state index < -0.39 is 6.10 Å². The zero-order valence-electron chi connectivity index (χ0n) is 12.0. The number of nitrogens with zero attached hydrogens (tertiary/aromatic N) is 1. The fourth-order valence-corrected chi connectivity index (χ4v) is 2.73. The zero-order chi connectivity index (χ0) is 15.1. The Morgan fingerprint density at radius 3 is 2.81 bits per heavy atom. The molecule has 0 bridgehead atoms. The van der Waals surface area contributed by atoms with Crippen LogP contribution in [0.4, 0.5) is 4.39 Å². The number of rotatable bonds is 8. The molecule has 1 N–H and O–H groups in total. The van der Waals surface area contributed by atoms with Crippen molar-refractivity contribution >= 4 is 11.3 Å². The molecule has 21 heavy (non-hydrogen) atoms. The molecule has 114 valence electrons. The first-order valence-electron chi connectivity index (χ1n) is 6.85. The molecule has 2 rings (SSSR count). The summed E-state index contributed by atoms with van der Waals surface area (Å²) in [6.45, 7) is 1.71. The smallest absolute Gasteiger partial charge is 0.127 e. The zero-order valence-corrected chi connectivity index (χ0v) is 12.9. The fourth-order valence-electron chi connectivity index (χ4n) is 2.08. The van der Waals surface area contributed by atoms with Crippen LogP contribution in [-0.2, 0) is 17.9 Å². The van der Waals surface area contributed by atoms with Crippen molar-refractivity contribution < 1.29 is 14.2 Å². The molecule has 0 aliphatic heterocycles. The van der Waals surface area contributed by atoms with Crippen molar-refractivity contribution in [3.05, 3.63) is 58.0 Å². The van der Waals surface area contributed by atoms with Gasteiger partial charge >= 0.3 is 0 Å². The number of thiophene rings is 1. The Kier molecular flexibility index (Phi) is 6.32. The van der Waals surface area contributed by atoms with E-state index in [-0.39, 0.29) is 12.4 Å². The Hall–Kier alpha value is -1.27. The highest BCUT2D eigenvalue weighted by Gasteiger charge is 2.11. The minimum atomic E-state index is -0.582. The van der Waals surface area contributed by atoms with E-state index in [4.69, 9.17) is 4.74 Å². The molecule has 0 amide bonds. The minimum absolute atomic E-state index is 0.215. The van der Waals surface area contributed by atoms with Crippen LogP contribution < -0.4 is 0 Å². The third-order valence-electron chi connectivity index (χ3n) is 3.06. The fraction of sp³-hybridized carbons (Fsp3) is 0.375. The minimum Gasteiger partial charge on any atom is -0.389 e. The summed E-state index contributed by atoms with van der Waals surface area (Å²) in [7, 11) is 1.86. The summed E-state index contributed by atoms with van der Waals surface area (Å²) < 4.78 is 19.0. The topological polar surface area (TPSA) is 32.7 Å². The van der Waals surface area contributed by atoms with Crippen LogP contribution in [0.5, 0.6) is 0 Å². The molecule has 1 aromatic carbocycles. The molecule has 5 heteroatoms. The Morgan fingerprint density at radius 1 is 1.29 bits per heavy atom. The predicted octanol–water partition coefficient (Wildman–Crippen LogP) is 2.90. The van der Waals surface area contributed by atoms with E-state index >= 15 is 0 Å². The molecule has 0 saturated heterocycles. The van der Waals surface area contributed by atoms with Crippen molar-refractivity contribution in [2.75, 3.05) is 20.2 Å². The van der Waals surface area contributed by atoms with Gasteiger partial charge < -0.3 is 9.84 Å². The highest BCUT2D eigenvalue weighted by atomic mass is 32.1. The molecule has 0 spiro atoms. The summed E-state index contributed by atoms with van der Waals surface area (Å²) >= 11 is 1.63. The Labute approximate surface area is 128 Å². The average Bonchev–Trinajstić information content (AvgIpc) is 2.94. The lowest BCUT2D eigenvalue weighted by Gasteiger charge is -2.20. The largest absolute Gasteiger partial charge is 0.389 e. The molecule has 1 aromatic heterocycles. The highest BCUT2D eigenvalue weighted by molar-refractivity contribution is 7.09. The first kappa shape index (κ1) is 16.1. The maximum absolute atomic E-state index is 13.5. The van der Waals surface area contributed by atoms with E-state index in [1.165, 1.54) is 6.07 Å². The number of aliphatic hydroxyl groups excluding tert-OH is 1. The number of hydrogen-bond donors (Lipinski definition) is 1. The second kappa shape index (κ2) is 8.24. The van der Waals surface area contributed by atoms with Gasteiger partial charge in [0.1, 0.15) is 5.82 Å². The van der Waals surface area contributed by atoms with Crippen molar-refractivity contribution in [1.82, 2.24) is 4.90 Å². The maximum atomic E-state index is 13.5. The number of aliphatic hydroxyl groups is 1. The second-order valence-corrected chi connectivity index (χ2v) is 6.07. The summed E-state index contributed by atoms with van der Waals surface area (Å²) in [5, 5.41) is 11.9. The Morgan fingerprint density at radius 2 is 2.10 bits per heavy atom. The molecule has 0 saturated carbocycles. The number of benzene rings is 1. The molecule has 0 radical (unpaired) electrons. The maximum Gasteiger partial charge on any atom is 0.127 e. The van der Waals surface area contributed by atoms with Gasteiger partial charge in [-0.15, -0.1) is 11.3 Å². The van der Waals surface area contributed by atoms with E-state index in [2.05, 4.69) is 0 Å². The monoisotopic (exact) mass is 309 g/mol. The van der Waals surface area contributed by atoms with Gasteiger partial charge in [0.2, 0.25) is 0 Å². The van der Waals surface area contributed by atoms with Gasteiger partial charge in [0.05, 0.1) is 19.3 Å². The molecule has 1 unspecified atom stereocenters. The van der Waals surface area contributed by atoms with Gasteiger partial charge in [0.25, 0.3) is 0 Å². The predicted molar refractivity (Wildman–Crippen MR) is 82.7 cm³/mol. The first-order valence-corrected chi connectivity index (χ1v) is 7.73. The number of hydrogen-bond acceptors (Lipinski definition) is 4. The molecule has 1 heterocycles. The number of ether oxygens (including phenoxy) is 1. The van der Waals surface area contributed by atoms with Gasteiger partial charge in [0, 0.05) is 23.5 Å². The third-order valence-corrected chi connectivity index (χ3v) is 3.91. The third kappa shape index (κ3) is 5.55. The van der Waals surface area contributed by atoms with E-state index in [1.54, 1.807) is 23.5 Å². The van der Waals surface area contributed by atoms with Crippen LogP contribution in [0.2, 0.25) is 0 Å². The SMILES string of the molecule is CN(Cc1ccccc1F)CC(O)COCc1cccs1. The molecular weight excluding hydrogens is 289 g/mol. The number of halogens is 1. The van der Waals surface area contributed by atoms with E-state index in [1.807, 2.05) is 35.5 Å². The van der Waals surface area contributed by atoms with Crippen LogP contribution in [0.3, 0.4) is 0 Å². The molecule has 3 nitrogen and oxygen atoms in total. The second-order valence-electron chi connectivity index (χ2n) is 5.04. The average molecular weight is 309 g/mol. The quantitative estimate of drug-likeness (QED) is 0.814. The van der Waals surface area contributed by atoms with Crippen molar-refractivity contribution in [2.45, 2.75) is 19.3 Å². The molecule has 1 atom stereocenters. The summed E-state index contributed by atoms with van der Waals surface area (Å²) in [6, 6.07) is 10.7. The summed E-state index contributed by atoms with van der Waals surface area (Å²) in [5.74, 6) is -0.215. The normalized spacial score (nSPS) is 12.8. The van der Waals surface area contributed by atoms with Crippen LogP contribution >= 0.6 is 11.3 Å². The Balaban J connectivity index is 1.69. The van der Waals surface area contributed by atoms with Crippen LogP contribution in [0, 0.1) is 5.82 Å². The summed E-state index contributed by atoms with van der Waals surface area (Å²) in [5.41, 5.74) is 0.631. The van der Waals surface area contributed by atoms with Crippen LogP contribution in [0.1, 0.15) is 10.4 Å². The van der Waals surface area contributed by atoms with Crippen LogP contribution in [0.25, 0.3) is 0 Å². The van der Waals surface area contributed by atoms with E-state index in [0.717, 1.165) is 4.88 Å². The van der Waals surface area contributed by atoms with Crippen LogP contribution in [0.15, 0.2) is 41.8 Å². The van der Waals surface area contributed by atoms with E-state index in [9.17, 15) is 9.50 Å². The molecule has 0 aliphatic carbocycles. The van der Waals surface area contributed by atoms with Gasteiger partial charge in [-0.25, -0.2) is 4.39 Å². The molecular formula is C16H20FNO2S. The highest BCUT2D eigenvalue weighted by Crippen LogP contribution is 2.11. The first-order chi connectivity index (χ1) is 10.1. The lowest BCUT2D eigenvalue weighted by atomic mass is 10.2. The van der Waals surface area contributed by atoms with Gasteiger partial charge in [-0.2, -0.15) is 0 Å². The van der Waals surface area contributed by atoms with Crippen molar-refractivity contribution in [1.29, 1.82) is 0 Å². The van der Waals surface area contributed by atoms with Gasteiger partial charge in [-0.3, -0.25) is 4.90 Å². The van der Waals surface area contributed by atoms with Gasteiger partial charge in [-0.05, 0) is 24.6 Å².